The summed E-state index contributed by atoms with van der Waals surface area (Å²) < 4.78 is 27.0. The highest BCUT2D eigenvalue weighted by molar-refractivity contribution is 5.88. The summed E-state index contributed by atoms with van der Waals surface area (Å²) in [5.41, 5.74) is 2.18. The molecule has 0 saturated carbocycles. The van der Waals surface area contributed by atoms with Crippen molar-refractivity contribution in [1.82, 2.24) is 9.88 Å². The highest BCUT2D eigenvalue weighted by Gasteiger charge is 2.27. The molecule has 0 radical (unpaired) electrons. The number of carbonyl (C=O) groups is 1. The first kappa shape index (κ1) is 17.3. The summed E-state index contributed by atoms with van der Waals surface area (Å²) in [6.07, 6.45) is 3.99. The molecule has 0 spiro atoms. The van der Waals surface area contributed by atoms with Gasteiger partial charge in [-0.05, 0) is 53.3 Å². The average Bonchev–Trinajstić information content (AvgIpc) is 3.16. The minimum Gasteiger partial charge on any atom is -0.338 e. The van der Waals surface area contributed by atoms with E-state index >= 15 is 0 Å². The van der Waals surface area contributed by atoms with Gasteiger partial charge in [-0.25, -0.2) is 8.78 Å². The molecule has 4 rings (SSSR count). The summed E-state index contributed by atoms with van der Waals surface area (Å²) in [6, 6.07) is 11.2. The van der Waals surface area contributed by atoms with Gasteiger partial charge in [0.15, 0.2) is 0 Å². The number of rotatable bonds is 3. The second kappa shape index (κ2) is 6.91. The summed E-state index contributed by atoms with van der Waals surface area (Å²) in [6.45, 7) is 4.88. The van der Waals surface area contributed by atoms with Crippen molar-refractivity contribution in [2.24, 2.45) is 0 Å². The molecular weight excluding hydrogens is 346 g/mol. The molecule has 27 heavy (non-hydrogen) atoms. The fraction of sp³-hybridized carbons (Fsp3) is 0.182. The van der Waals surface area contributed by atoms with Crippen molar-refractivity contribution < 1.29 is 13.6 Å². The molecule has 1 unspecified atom stereocenters. The molecule has 2 heterocycles. The molecular formula is C22H18F2N2O. The van der Waals surface area contributed by atoms with Crippen LogP contribution in [0.2, 0.25) is 0 Å². The minimum absolute atomic E-state index is 0.0507. The molecule has 1 aliphatic rings. The number of pyridine rings is 1. The Kier molecular flexibility index (Phi) is 4.44. The van der Waals surface area contributed by atoms with Crippen LogP contribution in [0.15, 0.2) is 61.3 Å². The van der Waals surface area contributed by atoms with Crippen molar-refractivity contribution in [3.05, 3.63) is 78.6 Å². The van der Waals surface area contributed by atoms with Gasteiger partial charge in [0.2, 0.25) is 5.91 Å². The first-order valence-corrected chi connectivity index (χ1v) is 8.81. The highest BCUT2D eigenvalue weighted by Crippen LogP contribution is 2.30. The molecule has 2 aromatic carbocycles. The molecule has 3 nitrogen and oxygen atoms in total. The lowest BCUT2D eigenvalue weighted by Crippen LogP contribution is -2.26. The smallest absolute Gasteiger partial charge is 0.245 e. The Morgan fingerprint density at radius 1 is 1.07 bits per heavy atom. The Hall–Kier alpha value is -3.08. The fourth-order valence-electron chi connectivity index (χ4n) is 3.61. The number of nitrogens with zero attached hydrogens (tertiary/aromatic N) is 2. The van der Waals surface area contributed by atoms with Crippen LogP contribution in [0.3, 0.4) is 0 Å². The van der Waals surface area contributed by atoms with Gasteiger partial charge in [-0.1, -0.05) is 18.7 Å². The lowest BCUT2D eigenvalue weighted by atomic mass is 9.99. The van der Waals surface area contributed by atoms with Crippen LogP contribution in [0.25, 0.3) is 21.9 Å². The first-order valence-electron chi connectivity index (χ1n) is 8.81. The summed E-state index contributed by atoms with van der Waals surface area (Å²) in [5.74, 6) is -1.04. The van der Waals surface area contributed by atoms with Gasteiger partial charge >= 0.3 is 0 Å². The normalized spacial score (nSPS) is 16.7. The number of likely N-dealkylation sites (tertiary alicyclic amines) is 1. The third kappa shape index (κ3) is 3.45. The Bertz CT molecular complexity index is 1030. The van der Waals surface area contributed by atoms with Gasteiger partial charge < -0.3 is 4.90 Å². The number of aromatic nitrogens is 1. The molecule has 0 N–H and O–H groups in total. The van der Waals surface area contributed by atoms with Crippen molar-refractivity contribution >= 4 is 16.7 Å². The van der Waals surface area contributed by atoms with Crippen LogP contribution in [-0.2, 0) is 4.79 Å². The number of fused-ring (bicyclic) bond motifs is 1. The molecule has 0 bridgehead atoms. The van der Waals surface area contributed by atoms with E-state index in [-0.39, 0.29) is 11.8 Å². The molecule has 1 saturated heterocycles. The third-order valence-electron chi connectivity index (χ3n) is 5.03. The standard InChI is InChI=1S/C22H18F2N2O/c1-2-22(27)26-6-5-16(13-26)21-10-15-4-3-14(7-18(15)12-25-21)17-8-19(23)11-20(24)9-17/h2-4,7-12,16H,1,5-6,13H2. The van der Waals surface area contributed by atoms with Crippen molar-refractivity contribution in [3.8, 4) is 11.1 Å². The molecule has 0 aliphatic carbocycles. The van der Waals surface area contributed by atoms with Gasteiger partial charge in [0.1, 0.15) is 11.6 Å². The van der Waals surface area contributed by atoms with E-state index in [0.717, 1.165) is 34.5 Å². The monoisotopic (exact) mass is 364 g/mol. The van der Waals surface area contributed by atoms with Gasteiger partial charge in [-0.15, -0.1) is 0 Å². The summed E-state index contributed by atoms with van der Waals surface area (Å²) >= 11 is 0. The van der Waals surface area contributed by atoms with Gasteiger partial charge in [0, 0.05) is 42.4 Å². The van der Waals surface area contributed by atoms with Crippen LogP contribution in [0, 0.1) is 11.6 Å². The summed E-state index contributed by atoms with van der Waals surface area (Å²) in [5, 5.41) is 1.91. The fourth-order valence-corrected chi connectivity index (χ4v) is 3.61. The predicted molar refractivity (Wildman–Crippen MR) is 101 cm³/mol. The maximum atomic E-state index is 13.5. The number of halogens is 2. The quantitative estimate of drug-likeness (QED) is 0.632. The molecule has 1 atom stereocenters. The van der Waals surface area contributed by atoms with Crippen LogP contribution in [0.4, 0.5) is 8.78 Å². The van der Waals surface area contributed by atoms with Crippen LogP contribution >= 0.6 is 0 Å². The maximum Gasteiger partial charge on any atom is 0.245 e. The second-order valence-corrected chi connectivity index (χ2v) is 6.80. The average molecular weight is 364 g/mol. The van der Waals surface area contributed by atoms with Gasteiger partial charge in [-0.2, -0.15) is 0 Å². The Balaban J connectivity index is 1.63. The topological polar surface area (TPSA) is 33.2 Å². The number of hydrogen-bond acceptors (Lipinski definition) is 2. The van der Waals surface area contributed by atoms with Crippen molar-refractivity contribution in [2.45, 2.75) is 12.3 Å². The molecule has 1 aromatic heterocycles. The SMILES string of the molecule is C=CC(=O)N1CCC(c2cc3ccc(-c4cc(F)cc(F)c4)cc3cn2)C1. The molecule has 1 aliphatic heterocycles. The van der Waals surface area contributed by atoms with E-state index in [1.54, 1.807) is 11.1 Å². The van der Waals surface area contributed by atoms with E-state index in [0.29, 0.717) is 18.7 Å². The Morgan fingerprint density at radius 2 is 1.85 bits per heavy atom. The number of benzene rings is 2. The van der Waals surface area contributed by atoms with E-state index in [1.165, 1.54) is 18.2 Å². The largest absolute Gasteiger partial charge is 0.338 e. The van der Waals surface area contributed by atoms with Crippen molar-refractivity contribution in [3.63, 3.8) is 0 Å². The number of amides is 1. The zero-order valence-electron chi connectivity index (χ0n) is 14.7. The Morgan fingerprint density at radius 3 is 2.59 bits per heavy atom. The van der Waals surface area contributed by atoms with E-state index in [2.05, 4.69) is 11.6 Å². The van der Waals surface area contributed by atoms with Gasteiger partial charge in [0.25, 0.3) is 0 Å². The summed E-state index contributed by atoms with van der Waals surface area (Å²) in [7, 11) is 0. The first-order chi connectivity index (χ1) is 13.0. The molecule has 3 aromatic rings. The minimum atomic E-state index is -0.599. The lowest BCUT2D eigenvalue weighted by Gasteiger charge is -2.14. The zero-order chi connectivity index (χ0) is 19.0. The van der Waals surface area contributed by atoms with Gasteiger partial charge in [0.05, 0.1) is 0 Å². The van der Waals surface area contributed by atoms with Crippen molar-refractivity contribution in [2.75, 3.05) is 13.1 Å². The van der Waals surface area contributed by atoms with Crippen LogP contribution in [0.1, 0.15) is 18.0 Å². The van der Waals surface area contributed by atoms with Gasteiger partial charge in [-0.3, -0.25) is 9.78 Å². The third-order valence-corrected chi connectivity index (χ3v) is 5.03. The molecule has 1 amide bonds. The Labute approximate surface area is 156 Å². The van der Waals surface area contributed by atoms with Crippen LogP contribution < -0.4 is 0 Å². The van der Waals surface area contributed by atoms with E-state index in [9.17, 15) is 13.6 Å². The van der Waals surface area contributed by atoms with E-state index in [4.69, 9.17) is 0 Å². The highest BCUT2D eigenvalue weighted by atomic mass is 19.1. The molecule has 5 heteroatoms. The molecule has 1 fully saturated rings. The predicted octanol–water partition coefficient (Wildman–Crippen LogP) is 4.68. The van der Waals surface area contributed by atoms with E-state index in [1.807, 2.05) is 24.3 Å². The number of carbonyl (C=O) groups excluding carboxylic acids is 1. The lowest BCUT2D eigenvalue weighted by molar-refractivity contribution is -0.125. The summed E-state index contributed by atoms with van der Waals surface area (Å²) in [4.78, 5) is 18.1. The molecule has 136 valence electrons. The number of hydrogen-bond donors (Lipinski definition) is 0. The van der Waals surface area contributed by atoms with E-state index < -0.39 is 11.6 Å². The van der Waals surface area contributed by atoms with Crippen LogP contribution in [-0.4, -0.2) is 28.9 Å². The van der Waals surface area contributed by atoms with Crippen LogP contribution in [0.5, 0.6) is 0 Å². The zero-order valence-corrected chi connectivity index (χ0v) is 14.7. The second-order valence-electron chi connectivity index (χ2n) is 6.80. The van der Waals surface area contributed by atoms with Crippen molar-refractivity contribution in [1.29, 1.82) is 0 Å². The maximum absolute atomic E-state index is 13.5.